The van der Waals surface area contributed by atoms with Gasteiger partial charge in [-0.2, -0.15) is 0 Å². The van der Waals surface area contributed by atoms with Gasteiger partial charge in [0.2, 0.25) is 0 Å². The average Bonchev–Trinajstić information content (AvgIpc) is 2.37. The van der Waals surface area contributed by atoms with Crippen molar-refractivity contribution in [2.24, 2.45) is 5.92 Å². The van der Waals surface area contributed by atoms with Gasteiger partial charge in [-0.1, -0.05) is 19.4 Å². The second-order valence-electron chi connectivity index (χ2n) is 3.55. The van der Waals surface area contributed by atoms with Gasteiger partial charge < -0.3 is 5.32 Å². The fourth-order valence-corrected chi connectivity index (χ4v) is 1.82. The summed E-state index contributed by atoms with van der Waals surface area (Å²) in [6.45, 7) is 7.16. The molecule has 0 aliphatic heterocycles. The summed E-state index contributed by atoms with van der Waals surface area (Å²) in [6.07, 6.45) is 7.27. The quantitative estimate of drug-likeness (QED) is 0.483. The van der Waals surface area contributed by atoms with Crippen LogP contribution in [-0.4, -0.2) is 12.6 Å². The third kappa shape index (κ3) is 2.66. The first-order valence-corrected chi connectivity index (χ1v) is 4.69. The Kier molecular flexibility index (Phi) is 3.64. The van der Waals surface area contributed by atoms with Gasteiger partial charge in [-0.3, -0.25) is 0 Å². The lowest BCUT2D eigenvalue weighted by Crippen LogP contribution is -2.31. The highest BCUT2D eigenvalue weighted by atomic mass is 14.9. The summed E-state index contributed by atoms with van der Waals surface area (Å²) in [7, 11) is 0. The van der Waals surface area contributed by atoms with Crippen molar-refractivity contribution >= 4 is 0 Å². The van der Waals surface area contributed by atoms with E-state index < -0.39 is 0 Å². The Morgan fingerprint density at radius 3 is 2.91 bits per heavy atom. The molecule has 1 N–H and O–H groups in total. The topological polar surface area (TPSA) is 12.0 Å². The minimum Gasteiger partial charge on any atom is -0.313 e. The predicted octanol–water partition coefficient (Wildman–Crippen LogP) is 2.34. The van der Waals surface area contributed by atoms with Crippen LogP contribution in [-0.2, 0) is 0 Å². The second kappa shape index (κ2) is 4.55. The second-order valence-corrected chi connectivity index (χ2v) is 3.55. The van der Waals surface area contributed by atoms with Gasteiger partial charge >= 0.3 is 0 Å². The zero-order valence-electron chi connectivity index (χ0n) is 7.47. The SMILES string of the molecule is C=CCCNC1CCCC1C. The molecule has 11 heavy (non-hydrogen) atoms. The third-order valence-corrected chi connectivity index (χ3v) is 2.62. The smallest absolute Gasteiger partial charge is 0.00928 e. The van der Waals surface area contributed by atoms with E-state index in [4.69, 9.17) is 0 Å². The van der Waals surface area contributed by atoms with Crippen LogP contribution in [0, 0.1) is 5.92 Å². The summed E-state index contributed by atoms with van der Waals surface area (Å²) < 4.78 is 0. The summed E-state index contributed by atoms with van der Waals surface area (Å²) in [4.78, 5) is 0. The van der Waals surface area contributed by atoms with Crippen LogP contribution in [0.3, 0.4) is 0 Å². The summed E-state index contributed by atoms with van der Waals surface area (Å²) >= 11 is 0. The molecule has 0 saturated heterocycles. The lowest BCUT2D eigenvalue weighted by molar-refractivity contribution is 0.431. The van der Waals surface area contributed by atoms with E-state index in [1.54, 1.807) is 0 Å². The van der Waals surface area contributed by atoms with Crippen LogP contribution in [0.5, 0.6) is 0 Å². The molecule has 0 aromatic carbocycles. The summed E-state index contributed by atoms with van der Waals surface area (Å²) in [5.74, 6) is 0.889. The Morgan fingerprint density at radius 1 is 1.55 bits per heavy atom. The van der Waals surface area contributed by atoms with Crippen LogP contribution in [0.4, 0.5) is 0 Å². The minimum atomic E-state index is 0.787. The molecule has 2 unspecified atom stereocenters. The Balaban J connectivity index is 2.10. The minimum absolute atomic E-state index is 0.787. The van der Waals surface area contributed by atoms with Crippen LogP contribution >= 0.6 is 0 Å². The van der Waals surface area contributed by atoms with Crippen LogP contribution in [0.25, 0.3) is 0 Å². The average molecular weight is 153 g/mol. The van der Waals surface area contributed by atoms with Crippen LogP contribution in [0.1, 0.15) is 32.6 Å². The molecule has 1 saturated carbocycles. The van der Waals surface area contributed by atoms with E-state index in [1.807, 2.05) is 6.08 Å². The number of rotatable bonds is 4. The van der Waals surface area contributed by atoms with Gasteiger partial charge in [0.15, 0.2) is 0 Å². The fraction of sp³-hybridized carbons (Fsp3) is 0.800. The lowest BCUT2D eigenvalue weighted by Gasteiger charge is -2.16. The van der Waals surface area contributed by atoms with Crippen molar-refractivity contribution in [1.29, 1.82) is 0 Å². The maximum atomic E-state index is 3.70. The van der Waals surface area contributed by atoms with Crippen molar-refractivity contribution in [3.8, 4) is 0 Å². The molecule has 0 radical (unpaired) electrons. The maximum Gasteiger partial charge on any atom is 0.00928 e. The van der Waals surface area contributed by atoms with Gasteiger partial charge in [0.25, 0.3) is 0 Å². The molecular formula is C10H19N. The molecule has 0 aromatic heterocycles. The monoisotopic (exact) mass is 153 g/mol. The highest BCUT2D eigenvalue weighted by Gasteiger charge is 2.21. The molecule has 1 aliphatic carbocycles. The standard InChI is InChI=1S/C10H19N/c1-3-4-8-11-10-7-5-6-9(10)2/h3,9-11H,1,4-8H2,2H3. The molecule has 1 rings (SSSR count). The molecule has 0 spiro atoms. The molecule has 0 amide bonds. The van der Waals surface area contributed by atoms with Gasteiger partial charge in [0, 0.05) is 6.04 Å². The van der Waals surface area contributed by atoms with E-state index in [0.29, 0.717) is 0 Å². The van der Waals surface area contributed by atoms with Crippen molar-refractivity contribution in [3.05, 3.63) is 12.7 Å². The molecule has 0 heterocycles. The molecule has 2 atom stereocenters. The van der Waals surface area contributed by atoms with Gasteiger partial charge in [-0.15, -0.1) is 6.58 Å². The summed E-state index contributed by atoms with van der Waals surface area (Å²) in [5.41, 5.74) is 0. The highest BCUT2D eigenvalue weighted by molar-refractivity contribution is 4.81. The Morgan fingerprint density at radius 2 is 2.36 bits per heavy atom. The molecule has 1 fully saturated rings. The van der Waals surface area contributed by atoms with Crippen molar-refractivity contribution in [2.45, 2.75) is 38.6 Å². The summed E-state index contributed by atoms with van der Waals surface area (Å²) in [6, 6.07) is 0.787. The maximum absolute atomic E-state index is 3.70. The van der Waals surface area contributed by atoms with E-state index in [0.717, 1.165) is 24.9 Å². The van der Waals surface area contributed by atoms with E-state index in [9.17, 15) is 0 Å². The highest BCUT2D eigenvalue weighted by Crippen LogP contribution is 2.24. The molecule has 1 nitrogen and oxygen atoms in total. The number of hydrogen-bond donors (Lipinski definition) is 1. The van der Waals surface area contributed by atoms with Gasteiger partial charge in [0.1, 0.15) is 0 Å². The van der Waals surface area contributed by atoms with Crippen molar-refractivity contribution in [2.75, 3.05) is 6.54 Å². The first kappa shape index (κ1) is 8.79. The van der Waals surface area contributed by atoms with E-state index >= 15 is 0 Å². The Hall–Kier alpha value is -0.300. The number of nitrogens with one attached hydrogen (secondary N) is 1. The van der Waals surface area contributed by atoms with Gasteiger partial charge in [0.05, 0.1) is 0 Å². The normalized spacial score (nSPS) is 30.6. The van der Waals surface area contributed by atoms with Gasteiger partial charge in [-0.25, -0.2) is 0 Å². The van der Waals surface area contributed by atoms with Crippen LogP contribution in [0.2, 0.25) is 0 Å². The third-order valence-electron chi connectivity index (χ3n) is 2.62. The molecule has 64 valence electrons. The predicted molar refractivity (Wildman–Crippen MR) is 49.6 cm³/mol. The fourth-order valence-electron chi connectivity index (χ4n) is 1.82. The van der Waals surface area contributed by atoms with Crippen molar-refractivity contribution < 1.29 is 0 Å². The van der Waals surface area contributed by atoms with Gasteiger partial charge in [-0.05, 0) is 31.7 Å². The zero-order valence-corrected chi connectivity index (χ0v) is 7.47. The summed E-state index contributed by atoms with van der Waals surface area (Å²) in [5, 5.41) is 3.56. The molecule has 0 aromatic rings. The van der Waals surface area contributed by atoms with Crippen molar-refractivity contribution in [3.63, 3.8) is 0 Å². The Labute approximate surface area is 69.9 Å². The van der Waals surface area contributed by atoms with Crippen LogP contribution in [0.15, 0.2) is 12.7 Å². The zero-order chi connectivity index (χ0) is 8.10. The number of hydrogen-bond acceptors (Lipinski definition) is 1. The first-order chi connectivity index (χ1) is 5.34. The van der Waals surface area contributed by atoms with Crippen molar-refractivity contribution in [1.82, 2.24) is 5.32 Å². The largest absolute Gasteiger partial charge is 0.313 e. The molecule has 1 heteroatoms. The molecule has 1 aliphatic rings. The Bertz CT molecular complexity index is 120. The first-order valence-electron chi connectivity index (χ1n) is 4.69. The van der Waals surface area contributed by atoms with E-state index in [2.05, 4.69) is 18.8 Å². The molecule has 0 bridgehead atoms. The molecular weight excluding hydrogens is 134 g/mol. The van der Waals surface area contributed by atoms with E-state index in [-0.39, 0.29) is 0 Å². The van der Waals surface area contributed by atoms with Crippen LogP contribution < -0.4 is 5.32 Å². The van der Waals surface area contributed by atoms with E-state index in [1.165, 1.54) is 19.3 Å². The lowest BCUT2D eigenvalue weighted by atomic mass is 10.1.